The number of amidine groups is 1. The Morgan fingerprint density at radius 1 is 1.71 bits per heavy atom. The minimum absolute atomic E-state index is 0.209. The van der Waals surface area contributed by atoms with Gasteiger partial charge in [0.1, 0.15) is 22.9 Å². The van der Waals surface area contributed by atoms with Crippen LogP contribution in [-0.4, -0.2) is 21.4 Å². The number of imidazole rings is 1. The SMILES string of the molecule is Cn1c(Cl)cnc1C1NC(=O)N=C1N. The first-order valence-electron chi connectivity index (χ1n) is 3.91. The normalized spacial score (nSPS) is 20.9. The lowest BCUT2D eigenvalue weighted by Crippen LogP contribution is -2.30. The average Bonchev–Trinajstić information content (AvgIpc) is 2.59. The minimum Gasteiger partial charge on any atom is -0.385 e. The summed E-state index contributed by atoms with van der Waals surface area (Å²) in [6.07, 6.45) is 1.49. The van der Waals surface area contributed by atoms with Crippen molar-refractivity contribution in [2.24, 2.45) is 17.8 Å². The summed E-state index contributed by atoms with van der Waals surface area (Å²) in [5.41, 5.74) is 5.55. The molecule has 1 unspecified atom stereocenters. The van der Waals surface area contributed by atoms with Gasteiger partial charge in [-0.3, -0.25) is 0 Å². The highest BCUT2D eigenvalue weighted by Crippen LogP contribution is 2.18. The van der Waals surface area contributed by atoms with Crippen molar-refractivity contribution in [2.75, 3.05) is 0 Å². The lowest BCUT2D eigenvalue weighted by atomic mass is 10.3. The minimum atomic E-state index is -0.472. The number of urea groups is 1. The highest BCUT2D eigenvalue weighted by molar-refractivity contribution is 6.29. The highest BCUT2D eigenvalue weighted by Gasteiger charge is 2.28. The van der Waals surface area contributed by atoms with Gasteiger partial charge in [0.05, 0.1) is 6.20 Å². The molecule has 0 saturated carbocycles. The smallest absolute Gasteiger partial charge is 0.343 e. The van der Waals surface area contributed by atoms with Gasteiger partial charge < -0.3 is 15.6 Å². The van der Waals surface area contributed by atoms with Crippen LogP contribution >= 0.6 is 11.6 Å². The first-order chi connectivity index (χ1) is 6.59. The third-order valence-corrected chi connectivity index (χ3v) is 2.37. The molecule has 0 radical (unpaired) electrons. The number of amides is 2. The van der Waals surface area contributed by atoms with Crippen molar-refractivity contribution in [3.8, 4) is 0 Å². The summed E-state index contributed by atoms with van der Waals surface area (Å²) >= 11 is 5.80. The lowest BCUT2D eigenvalue weighted by Gasteiger charge is -2.09. The number of nitrogens with zero attached hydrogens (tertiary/aromatic N) is 3. The maximum absolute atomic E-state index is 10.9. The van der Waals surface area contributed by atoms with Crippen LogP contribution in [0, 0.1) is 0 Å². The van der Waals surface area contributed by atoms with Crippen molar-refractivity contribution in [1.29, 1.82) is 0 Å². The van der Waals surface area contributed by atoms with E-state index in [-0.39, 0.29) is 5.84 Å². The molecule has 0 spiro atoms. The van der Waals surface area contributed by atoms with Gasteiger partial charge in [0.15, 0.2) is 0 Å². The zero-order chi connectivity index (χ0) is 10.3. The van der Waals surface area contributed by atoms with Crippen LogP contribution in [0.25, 0.3) is 0 Å². The predicted molar refractivity (Wildman–Crippen MR) is 51.1 cm³/mol. The Balaban J connectivity index is 2.38. The zero-order valence-electron chi connectivity index (χ0n) is 7.36. The van der Waals surface area contributed by atoms with Gasteiger partial charge in [0.2, 0.25) is 0 Å². The number of halogens is 1. The molecule has 1 aliphatic heterocycles. The van der Waals surface area contributed by atoms with E-state index in [1.54, 1.807) is 11.6 Å². The Labute approximate surface area is 84.8 Å². The fraction of sp³-hybridized carbons (Fsp3) is 0.286. The van der Waals surface area contributed by atoms with Gasteiger partial charge >= 0.3 is 6.03 Å². The molecule has 2 heterocycles. The standard InChI is InChI=1S/C7H8ClN5O/c1-13-3(8)2-10-6(13)4-5(9)12-7(14)11-4/h2,4H,1H3,(H3,9,11,12,14). The van der Waals surface area contributed by atoms with Crippen molar-refractivity contribution in [1.82, 2.24) is 14.9 Å². The summed E-state index contributed by atoms with van der Waals surface area (Å²) in [5, 5.41) is 3.04. The van der Waals surface area contributed by atoms with Crippen molar-refractivity contribution < 1.29 is 4.79 Å². The molecule has 1 aromatic rings. The second-order valence-electron chi connectivity index (χ2n) is 2.92. The summed E-state index contributed by atoms with van der Waals surface area (Å²) in [5.74, 6) is 0.780. The molecule has 6 nitrogen and oxygen atoms in total. The van der Waals surface area contributed by atoms with E-state index in [9.17, 15) is 4.79 Å². The summed E-state index contributed by atoms with van der Waals surface area (Å²) in [7, 11) is 1.74. The summed E-state index contributed by atoms with van der Waals surface area (Å²) in [4.78, 5) is 18.5. The second-order valence-corrected chi connectivity index (χ2v) is 3.30. The number of rotatable bonds is 1. The first-order valence-corrected chi connectivity index (χ1v) is 4.29. The third-order valence-electron chi connectivity index (χ3n) is 2.02. The molecule has 3 N–H and O–H groups in total. The topological polar surface area (TPSA) is 85.3 Å². The molecule has 2 amide bonds. The van der Waals surface area contributed by atoms with Gasteiger partial charge in [-0.1, -0.05) is 11.6 Å². The Morgan fingerprint density at radius 2 is 2.43 bits per heavy atom. The van der Waals surface area contributed by atoms with E-state index in [2.05, 4.69) is 15.3 Å². The second kappa shape index (κ2) is 2.98. The quantitative estimate of drug-likeness (QED) is 0.699. The fourth-order valence-corrected chi connectivity index (χ4v) is 1.41. The van der Waals surface area contributed by atoms with E-state index in [4.69, 9.17) is 17.3 Å². The van der Waals surface area contributed by atoms with E-state index >= 15 is 0 Å². The van der Waals surface area contributed by atoms with E-state index < -0.39 is 12.1 Å². The van der Waals surface area contributed by atoms with Gasteiger partial charge in [-0.25, -0.2) is 9.78 Å². The van der Waals surface area contributed by atoms with E-state index in [1.807, 2.05) is 0 Å². The number of aromatic nitrogens is 2. The Bertz CT molecular complexity index is 424. The molecular formula is C7H8ClN5O. The number of carbonyl (C=O) groups is 1. The predicted octanol–water partition coefficient (Wildman–Crippen LogP) is 0.195. The van der Waals surface area contributed by atoms with Crippen molar-refractivity contribution in [3.05, 3.63) is 17.2 Å². The molecular weight excluding hydrogens is 206 g/mol. The zero-order valence-corrected chi connectivity index (χ0v) is 8.12. The van der Waals surface area contributed by atoms with Gasteiger partial charge in [-0.2, -0.15) is 4.99 Å². The van der Waals surface area contributed by atoms with Crippen LogP contribution < -0.4 is 11.1 Å². The number of hydrogen-bond donors (Lipinski definition) is 2. The molecule has 0 aromatic carbocycles. The first kappa shape index (κ1) is 9.01. The number of nitrogens with one attached hydrogen (secondary N) is 1. The molecule has 2 rings (SSSR count). The van der Waals surface area contributed by atoms with Crippen LogP contribution in [0.15, 0.2) is 11.2 Å². The molecule has 1 aliphatic rings. The summed E-state index contributed by atoms with van der Waals surface area (Å²) in [6, 6.07) is -0.924. The number of nitrogens with two attached hydrogens (primary N) is 1. The molecule has 1 atom stereocenters. The number of carbonyl (C=O) groups excluding carboxylic acids is 1. The van der Waals surface area contributed by atoms with Crippen LogP contribution in [0.4, 0.5) is 4.79 Å². The largest absolute Gasteiger partial charge is 0.385 e. The Morgan fingerprint density at radius 3 is 2.86 bits per heavy atom. The van der Waals surface area contributed by atoms with E-state index in [1.165, 1.54) is 6.20 Å². The lowest BCUT2D eigenvalue weighted by molar-refractivity contribution is 0.250. The van der Waals surface area contributed by atoms with E-state index in [0.717, 1.165) is 0 Å². The molecule has 1 aromatic heterocycles. The molecule has 0 aliphatic carbocycles. The Hall–Kier alpha value is -1.56. The van der Waals surface area contributed by atoms with Crippen molar-refractivity contribution >= 4 is 23.5 Å². The van der Waals surface area contributed by atoms with Crippen LogP contribution in [0.3, 0.4) is 0 Å². The van der Waals surface area contributed by atoms with Crippen LogP contribution in [0.5, 0.6) is 0 Å². The van der Waals surface area contributed by atoms with Crippen LogP contribution in [0.1, 0.15) is 11.9 Å². The van der Waals surface area contributed by atoms with Gasteiger partial charge in [-0.05, 0) is 0 Å². The Kier molecular flexibility index (Phi) is 1.92. The maximum atomic E-state index is 10.9. The van der Waals surface area contributed by atoms with Crippen LogP contribution in [-0.2, 0) is 7.05 Å². The third kappa shape index (κ3) is 1.24. The molecule has 0 bridgehead atoms. The van der Waals surface area contributed by atoms with Gasteiger partial charge in [-0.15, -0.1) is 0 Å². The van der Waals surface area contributed by atoms with Crippen molar-refractivity contribution in [3.63, 3.8) is 0 Å². The molecule has 14 heavy (non-hydrogen) atoms. The summed E-state index contributed by atoms with van der Waals surface area (Å²) < 4.78 is 1.64. The van der Waals surface area contributed by atoms with E-state index in [0.29, 0.717) is 11.0 Å². The fourth-order valence-electron chi connectivity index (χ4n) is 1.28. The van der Waals surface area contributed by atoms with Gasteiger partial charge in [0.25, 0.3) is 0 Å². The maximum Gasteiger partial charge on any atom is 0.343 e. The average molecular weight is 214 g/mol. The van der Waals surface area contributed by atoms with Gasteiger partial charge in [0, 0.05) is 7.05 Å². The van der Waals surface area contributed by atoms with Crippen LogP contribution in [0.2, 0.25) is 5.15 Å². The summed E-state index contributed by atoms with van der Waals surface area (Å²) in [6.45, 7) is 0. The number of aliphatic imine (C=N–C) groups is 1. The van der Waals surface area contributed by atoms with Crippen molar-refractivity contribution in [2.45, 2.75) is 6.04 Å². The highest BCUT2D eigenvalue weighted by atomic mass is 35.5. The molecule has 7 heteroatoms. The number of hydrogen-bond acceptors (Lipinski definition) is 3. The molecule has 0 saturated heterocycles. The molecule has 0 fully saturated rings. The monoisotopic (exact) mass is 213 g/mol. The molecule has 74 valence electrons.